The zero-order chi connectivity index (χ0) is 11.7. The van der Waals surface area contributed by atoms with E-state index in [1.807, 2.05) is 0 Å². The van der Waals surface area contributed by atoms with Crippen molar-refractivity contribution in [3.8, 4) is 0 Å². The number of unbranched alkanes of at least 4 members (excludes halogenated alkanes) is 4. The summed E-state index contributed by atoms with van der Waals surface area (Å²) in [6, 6.07) is 0. The Kier molecular flexibility index (Phi) is 7.38. The second kappa shape index (κ2) is 7.68. The molecule has 0 amide bonds. The van der Waals surface area contributed by atoms with Crippen LogP contribution in [0, 0.1) is 0 Å². The zero-order valence-electron chi connectivity index (χ0n) is 9.94. The minimum Gasteiger partial charge on any atom is -0.368 e. The molecule has 0 heterocycles. The summed E-state index contributed by atoms with van der Waals surface area (Å²) >= 11 is 0. The van der Waals surface area contributed by atoms with E-state index in [0.29, 0.717) is 6.42 Å². The fourth-order valence-electron chi connectivity index (χ4n) is 1.11. The van der Waals surface area contributed by atoms with E-state index in [2.05, 4.69) is 11.3 Å². The second-order valence-corrected chi connectivity index (χ2v) is 5.67. The molecule has 0 radical (unpaired) electrons. The molecule has 0 saturated heterocycles. The van der Waals surface area contributed by atoms with Crippen molar-refractivity contribution >= 4 is 16.4 Å². The molecule has 90 valence electrons. The predicted octanol–water partition coefficient (Wildman–Crippen LogP) is 1.88. The number of sulfonamides is 1. The molecule has 0 saturated carbocycles. The van der Waals surface area contributed by atoms with Gasteiger partial charge in [0.1, 0.15) is 6.34 Å². The Morgan fingerprint density at radius 1 is 1.13 bits per heavy atom. The smallest absolute Gasteiger partial charge is 0.254 e. The fourth-order valence-corrected chi connectivity index (χ4v) is 2.11. The Labute approximate surface area is 93.4 Å². The first-order chi connectivity index (χ1) is 6.98. The lowest BCUT2D eigenvalue weighted by atomic mass is 10.2. The maximum Gasteiger partial charge on any atom is 0.254 e. The van der Waals surface area contributed by atoms with Gasteiger partial charge in [0, 0.05) is 14.1 Å². The summed E-state index contributed by atoms with van der Waals surface area (Å²) < 4.78 is 26.2. The van der Waals surface area contributed by atoms with Crippen LogP contribution in [0.15, 0.2) is 4.40 Å². The van der Waals surface area contributed by atoms with Gasteiger partial charge in [-0.2, -0.15) is 4.40 Å². The number of hydrogen-bond acceptors (Lipinski definition) is 2. The first-order valence-electron chi connectivity index (χ1n) is 5.42. The lowest BCUT2D eigenvalue weighted by molar-refractivity contribution is 0.586. The van der Waals surface area contributed by atoms with Crippen molar-refractivity contribution in [2.24, 2.45) is 4.40 Å². The van der Waals surface area contributed by atoms with Crippen molar-refractivity contribution < 1.29 is 8.42 Å². The van der Waals surface area contributed by atoms with E-state index in [9.17, 15) is 8.42 Å². The lowest BCUT2D eigenvalue weighted by Crippen LogP contribution is -2.11. The van der Waals surface area contributed by atoms with E-state index in [-0.39, 0.29) is 5.75 Å². The molecule has 0 atom stereocenters. The normalized spacial score (nSPS) is 12.2. The molecule has 0 aromatic heterocycles. The molecule has 0 bridgehead atoms. The Morgan fingerprint density at radius 3 is 2.27 bits per heavy atom. The van der Waals surface area contributed by atoms with Crippen LogP contribution in [-0.2, 0) is 10.0 Å². The fraction of sp³-hybridized carbons (Fsp3) is 0.900. The van der Waals surface area contributed by atoms with E-state index in [0.717, 1.165) is 12.8 Å². The van der Waals surface area contributed by atoms with Crippen molar-refractivity contribution in [1.82, 2.24) is 4.90 Å². The van der Waals surface area contributed by atoms with Crippen LogP contribution in [0.3, 0.4) is 0 Å². The van der Waals surface area contributed by atoms with Crippen LogP contribution in [0.1, 0.15) is 39.0 Å². The van der Waals surface area contributed by atoms with Gasteiger partial charge in [0.05, 0.1) is 5.75 Å². The summed E-state index contributed by atoms with van der Waals surface area (Å²) in [6.45, 7) is 2.14. The van der Waals surface area contributed by atoms with Gasteiger partial charge in [-0.25, -0.2) is 8.42 Å². The van der Waals surface area contributed by atoms with Crippen molar-refractivity contribution in [2.75, 3.05) is 19.8 Å². The highest BCUT2D eigenvalue weighted by atomic mass is 32.2. The molecule has 4 nitrogen and oxygen atoms in total. The topological polar surface area (TPSA) is 49.7 Å². The third-order valence-electron chi connectivity index (χ3n) is 1.94. The standard InChI is InChI=1S/C10H22N2O2S/c1-4-5-6-7-8-9-15(13,14)11-10-12(2)3/h10H,4-9H2,1-3H3. The van der Waals surface area contributed by atoms with Gasteiger partial charge < -0.3 is 4.90 Å². The molecule has 0 fully saturated rings. The average molecular weight is 234 g/mol. The van der Waals surface area contributed by atoms with Crippen molar-refractivity contribution in [2.45, 2.75) is 39.0 Å². The molecule has 0 aromatic rings. The summed E-state index contributed by atoms with van der Waals surface area (Å²) in [4.78, 5) is 1.62. The molecule has 5 heteroatoms. The molecule has 0 aromatic carbocycles. The van der Waals surface area contributed by atoms with E-state index >= 15 is 0 Å². The second-order valence-electron chi connectivity index (χ2n) is 3.88. The van der Waals surface area contributed by atoms with Gasteiger partial charge >= 0.3 is 0 Å². The van der Waals surface area contributed by atoms with E-state index < -0.39 is 10.0 Å². The quantitative estimate of drug-likeness (QED) is 0.366. The van der Waals surface area contributed by atoms with Gasteiger partial charge in [0.2, 0.25) is 0 Å². The van der Waals surface area contributed by atoms with Crippen LogP contribution in [-0.4, -0.2) is 39.5 Å². The van der Waals surface area contributed by atoms with Gasteiger partial charge in [-0.05, 0) is 6.42 Å². The summed E-state index contributed by atoms with van der Waals surface area (Å²) in [5.41, 5.74) is 0. The molecule has 0 rings (SSSR count). The van der Waals surface area contributed by atoms with Gasteiger partial charge in [0.25, 0.3) is 10.0 Å². The van der Waals surface area contributed by atoms with Gasteiger partial charge in [-0.15, -0.1) is 0 Å². The monoisotopic (exact) mass is 234 g/mol. The number of nitrogens with zero attached hydrogens (tertiary/aromatic N) is 2. The molecule has 0 spiro atoms. The largest absolute Gasteiger partial charge is 0.368 e. The molecule has 0 N–H and O–H groups in total. The Morgan fingerprint density at radius 2 is 1.73 bits per heavy atom. The molecular formula is C10H22N2O2S. The van der Waals surface area contributed by atoms with Gasteiger partial charge in [-0.3, -0.25) is 0 Å². The van der Waals surface area contributed by atoms with Crippen LogP contribution >= 0.6 is 0 Å². The van der Waals surface area contributed by atoms with Gasteiger partial charge in [-0.1, -0.05) is 32.6 Å². The van der Waals surface area contributed by atoms with Crippen molar-refractivity contribution in [3.05, 3.63) is 0 Å². The van der Waals surface area contributed by atoms with Crippen LogP contribution in [0.2, 0.25) is 0 Å². The van der Waals surface area contributed by atoms with E-state index in [1.54, 1.807) is 19.0 Å². The van der Waals surface area contributed by atoms with Crippen LogP contribution in [0.5, 0.6) is 0 Å². The lowest BCUT2D eigenvalue weighted by Gasteiger charge is -2.03. The Balaban J connectivity index is 3.75. The SMILES string of the molecule is CCCCCCCS(=O)(=O)N=CN(C)C. The molecule has 0 aliphatic heterocycles. The minimum atomic E-state index is -3.24. The van der Waals surface area contributed by atoms with Gasteiger partial charge in [0.15, 0.2) is 0 Å². The summed E-state index contributed by atoms with van der Waals surface area (Å²) in [6.07, 6.45) is 6.50. The molecule has 0 unspecified atom stereocenters. The predicted molar refractivity (Wildman–Crippen MR) is 64.7 cm³/mol. The van der Waals surface area contributed by atoms with Crippen molar-refractivity contribution in [3.63, 3.8) is 0 Å². The minimum absolute atomic E-state index is 0.168. The summed E-state index contributed by atoms with van der Waals surface area (Å²) in [5.74, 6) is 0.168. The summed E-state index contributed by atoms with van der Waals surface area (Å²) in [5, 5.41) is 0. The molecule has 0 aliphatic rings. The van der Waals surface area contributed by atoms with Crippen LogP contribution in [0.4, 0.5) is 0 Å². The summed E-state index contributed by atoms with van der Waals surface area (Å²) in [7, 11) is 0.264. The highest BCUT2D eigenvalue weighted by Gasteiger charge is 2.06. The number of rotatable bonds is 8. The molecule has 15 heavy (non-hydrogen) atoms. The van der Waals surface area contributed by atoms with Crippen LogP contribution < -0.4 is 0 Å². The van der Waals surface area contributed by atoms with E-state index in [1.165, 1.54) is 19.2 Å². The first-order valence-corrected chi connectivity index (χ1v) is 7.03. The zero-order valence-corrected chi connectivity index (χ0v) is 10.8. The Bertz CT molecular complexity index is 271. The maximum absolute atomic E-state index is 11.3. The molecular weight excluding hydrogens is 212 g/mol. The third-order valence-corrected chi connectivity index (χ3v) is 3.16. The number of hydrogen-bond donors (Lipinski definition) is 0. The highest BCUT2D eigenvalue weighted by molar-refractivity contribution is 7.90. The molecule has 0 aliphatic carbocycles. The average Bonchev–Trinajstić information content (AvgIpc) is 2.15. The Hall–Kier alpha value is -0.580. The van der Waals surface area contributed by atoms with Crippen LogP contribution in [0.25, 0.3) is 0 Å². The third kappa shape index (κ3) is 9.72. The van der Waals surface area contributed by atoms with E-state index in [4.69, 9.17) is 0 Å². The van der Waals surface area contributed by atoms with Crippen molar-refractivity contribution in [1.29, 1.82) is 0 Å². The maximum atomic E-state index is 11.3. The first kappa shape index (κ1) is 14.4. The highest BCUT2D eigenvalue weighted by Crippen LogP contribution is 2.05.